The molecular formula is C9H17N3S. The SMILES string of the molecule is CCN(CC)c1ncc(CNC)s1. The molecule has 0 aromatic carbocycles. The zero-order valence-corrected chi connectivity index (χ0v) is 9.32. The summed E-state index contributed by atoms with van der Waals surface area (Å²) in [7, 11) is 1.96. The molecule has 0 saturated heterocycles. The molecule has 74 valence electrons. The monoisotopic (exact) mass is 199 g/mol. The summed E-state index contributed by atoms with van der Waals surface area (Å²) < 4.78 is 0. The van der Waals surface area contributed by atoms with Crippen molar-refractivity contribution in [2.45, 2.75) is 20.4 Å². The Kier molecular flexibility index (Phi) is 4.18. The summed E-state index contributed by atoms with van der Waals surface area (Å²) >= 11 is 1.77. The van der Waals surface area contributed by atoms with Crippen molar-refractivity contribution in [3.8, 4) is 0 Å². The maximum absolute atomic E-state index is 4.38. The van der Waals surface area contributed by atoms with E-state index in [0.717, 1.165) is 24.8 Å². The molecule has 1 aromatic heterocycles. The molecule has 0 fully saturated rings. The average molecular weight is 199 g/mol. The second-order valence-electron chi connectivity index (χ2n) is 2.81. The van der Waals surface area contributed by atoms with Gasteiger partial charge in [0.2, 0.25) is 0 Å². The molecule has 0 aliphatic carbocycles. The van der Waals surface area contributed by atoms with Crippen molar-refractivity contribution in [1.82, 2.24) is 10.3 Å². The largest absolute Gasteiger partial charge is 0.349 e. The number of rotatable bonds is 5. The van der Waals surface area contributed by atoms with Crippen LogP contribution in [0.1, 0.15) is 18.7 Å². The lowest BCUT2D eigenvalue weighted by Gasteiger charge is -2.16. The molecule has 0 aliphatic rings. The molecule has 1 N–H and O–H groups in total. The summed E-state index contributed by atoms with van der Waals surface area (Å²) in [6.07, 6.45) is 1.95. The maximum atomic E-state index is 4.38. The number of aromatic nitrogens is 1. The Hall–Kier alpha value is -0.610. The van der Waals surface area contributed by atoms with Crippen LogP contribution in [0.15, 0.2) is 6.20 Å². The number of anilines is 1. The van der Waals surface area contributed by atoms with E-state index in [9.17, 15) is 0 Å². The smallest absolute Gasteiger partial charge is 0.185 e. The molecule has 13 heavy (non-hydrogen) atoms. The predicted octanol–water partition coefficient (Wildman–Crippen LogP) is 1.71. The molecule has 0 spiro atoms. The number of nitrogens with one attached hydrogen (secondary N) is 1. The van der Waals surface area contributed by atoms with Crippen LogP contribution >= 0.6 is 11.3 Å². The van der Waals surface area contributed by atoms with Gasteiger partial charge in [-0.25, -0.2) is 4.98 Å². The minimum absolute atomic E-state index is 0.916. The topological polar surface area (TPSA) is 28.2 Å². The van der Waals surface area contributed by atoms with Crippen LogP contribution in [0.25, 0.3) is 0 Å². The van der Waals surface area contributed by atoms with E-state index in [1.807, 2.05) is 13.2 Å². The first-order chi connectivity index (χ1) is 6.31. The van der Waals surface area contributed by atoms with Crippen LogP contribution in [0, 0.1) is 0 Å². The van der Waals surface area contributed by atoms with Crippen LogP contribution in [0.4, 0.5) is 5.13 Å². The van der Waals surface area contributed by atoms with Crippen molar-refractivity contribution >= 4 is 16.5 Å². The maximum Gasteiger partial charge on any atom is 0.185 e. The van der Waals surface area contributed by atoms with Gasteiger partial charge in [0, 0.05) is 30.7 Å². The van der Waals surface area contributed by atoms with Gasteiger partial charge in [0.05, 0.1) is 0 Å². The van der Waals surface area contributed by atoms with Gasteiger partial charge < -0.3 is 10.2 Å². The number of hydrogen-bond donors (Lipinski definition) is 1. The molecule has 1 heterocycles. The minimum atomic E-state index is 0.916. The van der Waals surface area contributed by atoms with E-state index >= 15 is 0 Å². The number of thiazole rings is 1. The fraction of sp³-hybridized carbons (Fsp3) is 0.667. The summed E-state index contributed by atoms with van der Waals surface area (Å²) in [4.78, 5) is 7.94. The van der Waals surface area contributed by atoms with Crippen LogP contribution in [-0.4, -0.2) is 25.1 Å². The molecule has 1 rings (SSSR count). The molecule has 0 atom stereocenters. The van der Waals surface area contributed by atoms with Gasteiger partial charge in [-0.3, -0.25) is 0 Å². The second kappa shape index (κ2) is 5.19. The van der Waals surface area contributed by atoms with E-state index in [1.54, 1.807) is 11.3 Å². The van der Waals surface area contributed by atoms with Crippen molar-refractivity contribution in [2.75, 3.05) is 25.0 Å². The van der Waals surface area contributed by atoms with Gasteiger partial charge in [-0.2, -0.15) is 0 Å². The molecule has 1 aromatic rings. The lowest BCUT2D eigenvalue weighted by Crippen LogP contribution is -2.21. The third-order valence-corrected chi connectivity index (χ3v) is 2.98. The first kappa shape index (κ1) is 10.5. The highest BCUT2D eigenvalue weighted by atomic mass is 32.1. The molecule has 0 aliphatic heterocycles. The highest BCUT2D eigenvalue weighted by Crippen LogP contribution is 2.21. The second-order valence-corrected chi connectivity index (χ2v) is 3.91. The third kappa shape index (κ3) is 2.67. The van der Waals surface area contributed by atoms with Gasteiger partial charge in [-0.15, -0.1) is 11.3 Å². The minimum Gasteiger partial charge on any atom is -0.349 e. The Bertz CT molecular complexity index is 243. The molecule has 0 bridgehead atoms. The van der Waals surface area contributed by atoms with E-state index in [1.165, 1.54) is 4.88 Å². The highest BCUT2D eigenvalue weighted by molar-refractivity contribution is 7.15. The zero-order chi connectivity index (χ0) is 9.68. The molecule has 0 radical (unpaired) electrons. The predicted molar refractivity (Wildman–Crippen MR) is 58.4 cm³/mol. The van der Waals surface area contributed by atoms with E-state index in [-0.39, 0.29) is 0 Å². The molecule has 3 nitrogen and oxygen atoms in total. The van der Waals surface area contributed by atoms with E-state index in [4.69, 9.17) is 0 Å². The van der Waals surface area contributed by atoms with Crippen molar-refractivity contribution < 1.29 is 0 Å². The van der Waals surface area contributed by atoms with Gasteiger partial charge in [-0.1, -0.05) is 0 Å². The Morgan fingerprint density at radius 3 is 2.69 bits per heavy atom. The van der Waals surface area contributed by atoms with Crippen LogP contribution in [0.3, 0.4) is 0 Å². The standard InChI is InChI=1S/C9H17N3S/c1-4-12(5-2)9-11-7-8(13-9)6-10-3/h7,10H,4-6H2,1-3H3. The van der Waals surface area contributed by atoms with E-state index in [2.05, 4.69) is 29.0 Å². The molecule has 0 unspecified atom stereocenters. The van der Waals surface area contributed by atoms with Gasteiger partial charge in [0.1, 0.15) is 0 Å². The number of hydrogen-bond acceptors (Lipinski definition) is 4. The highest BCUT2D eigenvalue weighted by Gasteiger charge is 2.06. The fourth-order valence-electron chi connectivity index (χ4n) is 1.19. The quantitative estimate of drug-likeness (QED) is 0.782. The Labute approximate surface area is 83.8 Å². The van der Waals surface area contributed by atoms with Gasteiger partial charge in [0.25, 0.3) is 0 Å². The average Bonchev–Trinajstić information content (AvgIpc) is 2.56. The first-order valence-corrected chi connectivity index (χ1v) is 5.47. The van der Waals surface area contributed by atoms with Crippen LogP contribution < -0.4 is 10.2 Å². The molecular weight excluding hydrogens is 182 g/mol. The Morgan fingerprint density at radius 2 is 2.15 bits per heavy atom. The summed E-state index contributed by atoms with van der Waals surface area (Å²) in [6, 6.07) is 0. The molecule has 4 heteroatoms. The van der Waals surface area contributed by atoms with Gasteiger partial charge in [0.15, 0.2) is 5.13 Å². The third-order valence-electron chi connectivity index (χ3n) is 1.93. The van der Waals surface area contributed by atoms with E-state index in [0.29, 0.717) is 0 Å². The summed E-state index contributed by atoms with van der Waals surface area (Å²) in [6.45, 7) is 7.29. The summed E-state index contributed by atoms with van der Waals surface area (Å²) in [5.74, 6) is 0. The summed E-state index contributed by atoms with van der Waals surface area (Å²) in [5.41, 5.74) is 0. The fourth-order valence-corrected chi connectivity index (χ4v) is 2.24. The molecule has 0 saturated carbocycles. The normalized spacial score (nSPS) is 10.4. The van der Waals surface area contributed by atoms with Crippen molar-refractivity contribution in [3.05, 3.63) is 11.1 Å². The first-order valence-electron chi connectivity index (χ1n) is 4.66. The van der Waals surface area contributed by atoms with Gasteiger partial charge in [-0.05, 0) is 20.9 Å². The molecule has 0 amide bonds. The van der Waals surface area contributed by atoms with Crippen molar-refractivity contribution in [2.24, 2.45) is 0 Å². The van der Waals surface area contributed by atoms with E-state index < -0.39 is 0 Å². The van der Waals surface area contributed by atoms with Crippen LogP contribution in [0.2, 0.25) is 0 Å². The zero-order valence-electron chi connectivity index (χ0n) is 8.50. The lowest BCUT2D eigenvalue weighted by atomic mass is 10.5. The number of nitrogens with zero attached hydrogens (tertiary/aromatic N) is 2. The Morgan fingerprint density at radius 1 is 1.46 bits per heavy atom. The Balaban J connectivity index is 2.66. The van der Waals surface area contributed by atoms with Crippen molar-refractivity contribution in [1.29, 1.82) is 0 Å². The summed E-state index contributed by atoms with van der Waals surface area (Å²) in [5, 5.41) is 4.26. The van der Waals surface area contributed by atoms with Crippen molar-refractivity contribution in [3.63, 3.8) is 0 Å². The lowest BCUT2D eigenvalue weighted by molar-refractivity contribution is 0.828. The van der Waals surface area contributed by atoms with Gasteiger partial charge >= 0.3 is 0 Å². The van der Waals surface area contributed by atoms with Crippen LogP contribution in [0.5, 0.6) is 0 Å². The van der Waals surface area contributed by atoms with Crippen LogP contribution in [-0.2, 0) is 6.54 Å².